The molecule has 3 aromatic rings. The second-order valence-electron chi connectivity index (χ2n) is 6.22. The molecule has 0 aromatic heterocycles. The maximum absolute atomic E-state index is 13.6. The largest absolute Gasteiger partial charge is 0.326 e. The average Bonchev–Trinajstić information content (AvgIpc) is 2.62. The van der Waals surface area contributed by atoms with Crippen molar-refractivity contribution >= 4 is 22.4 Å². The van der Waals surface area contributed by atoms with Crippen molar-refractivity contribution in [1.29, 1.82) is 0 Å². The fourth-order valence-corrected chi connectivity index (χ4v) is 2.93. The van der Waals surface area contributed by atoms with Gasteiger partial charge < -0.3 is 10.2 Å². The molecule has 0 aliphatic rings. The van der Waals surface area contributed by atoms with Gasteiger partial charge in [0.25, 0.3) is 5.91 Å². The number of amides is 1. The predicted octanol–water partition coefficient (Wildman–Crippen LogP) is 2.91. The molecule has 0 aliphatic carbocycles. The van der Waals surface area contributed by atoms with Gasteiger partial charge in [-0.05, 0) is 22.9 Å². The monoisotopic (exact) mass is 359 g/mol. The van der Waals surface area contributed by atoms with E-state index in [0.717, 1.165) is 33.4 Å². The zero-order valence-corrected chi connectivity index (χ0v) is 14.2. The maximum Gasteiger partial charge on any atom is 0.279 e. The molecule has 6 heteroatoms. The number of likely N-dealkylation sites (N-methyl/N-ethyl adjacent to an activating group) is 1. The summed E-state index contributed by atoms with van der Waals surface area (Å²) in [7, 11) is 1.84. The highest BCUT2D eigenvalue weighted by atomic mass is 19.2. The van der Waals surface area contributed by atoms with Crippen molar-refractivity contribution in [3.63, 3.8) is 0 Å². The summed E-state index contributed by atoms with van der Waals surface area (Å²) in [6.07, 6.45) is 0. The summed E-state index contributed by atoms with van der Waals surface area (Å²) < 4.78 is 39.8. The molecular weight excluding hydrogens is 341 g/mol. The van der Waals surface area contributed by atoms with E-state index in [1.165, 1.54) is 0 Å². The minimum atomic E-state index is -1.60. The van der Waals surface area contributed by atoms with E-state index in [4.69, 9.17) is 0 Å². The Balaban J connectivity index is 1.67. The first-order valence-corrected chi connectivity index (χ1v) is 8.17. The van der Waals surface area contributed by atoms with Crippen LogP contribution in [0.5, 0.6) is 0 Å². The van der Waals surface area contributed by atoms with Crippen molar-refractivity contribution in [1.82, 2.24) is 0 Å². The molecule has 0 saturated heterocycles. The number of fused-ring (bicyclic) bond motifs is 1. The van der Waals surface area contributed by atoms with Crippen LogP contribution in [0, 0.1) is 17.5 Å². The lowest BCUT2D eigenvalue weighted by molar-refractivity contribution is -0.885. The summed E-state index contributed by atoms with van der Waals surface area (Å²) in [5, 5.41) is 4.52. The first kappa shape index (κ1) is 17.9. The highest BCUT2D eigenvalue weighted by molar-refractivity contribution is 5.91. The molecule has 26 heavy (non-hydrogen) atoms. The van der Waals surface area contributed by atoms with Gasteiger partial charge in [-0.1, -0.05) is 42.5 Å². The minimum Gasteiger partial charge on any atom is -0.326 e. The molecular formula is C20H18F3N2O+. The van der Waals surface area contributed by atoms with Crippen LogP contribution in [-0.2, 0) is 11.3 Å². The highest BCUT2D eigenvalue weighted by Crippen LogP contribution is 2.19. The zero-order valence-electron chi connectivity index (χ0n) is 14.2. The van der Waals surface area contributed by atoms with E-state index in [2.05, 4.69) is 5.32 Å². The molecule has 0 bridgehead atoms. The third-order valence-corrected chi connectivity index (χ3v) is 4.14. The van der Waals surface area contributed by atoms with Crippen LogP contribution in [0.2, 0.25) is 0 Å². The second-order valence-corrected chi connectivity index (χ2v) is 6.22. The molecule has 0 fully saturated rings. The lowest BCUT2D eigenvalue weighted by Gasteiger charge is -2.15. The third-order valence-electron chi connectivity index (χ3n) is 4.14. The Morgan fingerprint density at radius 1 is 0.962 bits per heavy atom. The highest BCUT2D eigenvalue weighted by Gasteiger charge is 2.17. The average molecular weight is 359 g/mol. The summed E-state index contributed by atoms with van der Waals surface area (Å²) in [6, 6.07) is 15.7. The van der Waals surface area contributed by atoms with Crippen LogP contribution in [0.25, 0.3) is 10.8 Å². The second kappa shape index (κ2) is 7.58. The standard InChI is InChI=1S/C20H17F3N2O/c1-25(11-14-7-4-6-13-5-2-3-8-15(13)14)12-18(26)24-17-10-9-16(21)19(22)20(17)23/h2-10H,11-12H2,1H3,(H,24,26)/p+1. The summed E-state index contributed by atoms with van der Waals surface area (Å²) in [4.78, 5) is 13.0. The van der Waals surface area contributed by atoms with Gasteiger partial charge in [0, 0.05) is 5.56 Å². The Hall–Kier alpha value is -2.86. The van der Waals surface area contributed by atoms with E-state index < -0.39 is 23.4 Å². The quantitative estimate of drug-likeness (QED) is 0.675. The van der Waals surface area contributed by atoms with Gasteiger partial charge in [0.2, 0.25) is 0 Å². The van der Waals surface area contributed by atoms with E-state index in [0.29, 0.717) is 6.54 Å². The first-order valence-electron chi connectivity index (χ1n) is 8.17. The summed E-state index contributed by atoms with van der Waals surface area (Å²) in [6.45, 7) is 0.649. The molecule has 1 unspecified atom stereocenters. The Morgan fingerprint density at radius 2 is 1.69 bits per heavy atom. The van der Waals surface area contributed by atoms with E-state index >= 15 is 0 Å². The SMILES string of the molecule is C[NH+](CC(=O)Nc1ccc(F)c(F)c1F)Cc1cccc2ccccc12. The maximum atomic E-state index is 13.6. The summed E-state index contributed by atoms with van der Waals surface area (Å²) in [5.74, 6) is -4.77. The Morgan fingerprint density at radius 3 is 2.50 bits per heavy atom. The number of hydrogen-bond donors (Lipinski definition) is 2. The molecule has 0 radical (unpaired) electrons. The van der Waals surface area contributed by atoms with Crippen LogP contribution in [0.3, 0.4) is 0 Å². The number of quaternary nitrogens is 1. The lowest BCUT2D eigenvalue weighted by atomic mass is 10.0. The van der Waals surface area contributed by atoms with Crippen LogP contribution in [-0.4, -0.2) is 19.5 Å². The molecule has 0 heterocycles. The molecule has 3 nitrogen and oxygen atoms in total. The number of anilines is 1. The first-order chi connectivity index (χ1) is 12.5. The van der Waals surface area contributed by atoms with Crippen molar-refractivity contribution in [3.8, 4) is 0 Å². The van der Waals surface area contributed by atoms with Gasteiger partial charge in [0.05, 0.1) is 12.7 Å². The van der Waals surface area contributed by atoms with Crippen molar-refractivity contribution < 1.29 is 22.9 Å². The predicted molar refractivity (Wildman–Crippen MR) is 94.4 cm³/mol. The molecule has 0 spiro atoms. The molecule has 0 aliphatic heterocycles. The van der Waals surface area contributed by atoms with E-state index in [1.54, 1.807) is 0 Å². The zero-order chi connectivity index (χ0) is 18.7. The fourth-order valence-electron chi connectivity index (χ4n) is 2.93. The molecule has 0 saturated carbocycles. The van der Waals surface area contributed by atoms with Gasteiger partial charge >= 0.3 is 0 Å². The van der Waals surface area contributed by atoms with Crippen LogP contribution >= 0.6 is 0 Å². The van der Waals surface area contributed by atoms with Crippen molar-refractivity contribution in [2.45, 2.75) is 6.54 Å². The van der Waals surface area contributed by atoms with E-state index in [9.17, 15) is 18.0 Å². The van der Waals surface area contributed by atoms with E-state index in [-0.39, 0.29) is 12.2 Å². The van der Waals surface area contributed by atoms with Gasteiger partial charge in [0.1, 0.15) is 6.54 Å². The van der Waals surface area contributed by atoms with Crippen molar-refractivity contribution in [2.24, 2.45) is 0 Å². The third kappa shape index (κ3) is 3.86. The van der Waals surface area contributed by atoms with Crippen LogP contribution < -0.4 is 10.2 Å². The van der Waals surface area contributed by atoms with Crippen LogP contribution in [0.4, 0.5) is 18.9 Å². The number of carbonyl (C=O) groups is 1. The number of carbonyl (C=O) groups excluding carboxylic acids is 1. The molecule has 3 aromatic carbocycles. The van der Waals surface area contributed by atoms with Gasteiger partial charge in [-0.15, -0.1) is 0 Å². The van der Waals surface area contributed by atoms with Gasteiger partial charge in [0.15, 0.2) is 24.0 Å². The topological polar surface area (TPSA) is 33.5 Å². The number of rotatable bonds is 5. The molecule has 1 atom stereocenters. The normalized spacial score (nSPS) is 12.2. The van der Waals surface area contributed by atoms with Crippen molar-refractivity contribution in [2.75, 3.05) is 18.9 Å². The van der Waals surface area contributed by atoms with Gasteiger partial charge in [-0.3, -0.25) is 4.79 Å². The van der Waals surface area contributed by atoms with Gasteiger partial charge in [-0.2, -0.15) is 0 Å². The molecule has 1 amide bonds. The number of hydrogen-bond acceptors (Lipinski definition) is 1. The molecule has 134 valence electrons. The Bertz CT molecular complexity index is 954. The van der Waals surface area contributed by atoms with E-state index in [1.807, 2.05) is 49.5 Å². The minimum absolute atomic E-state index is 0.0572. The Kier molecular flexibility index (Phi) is 5.23. The van der Waals surface area contributed by atoms with Crippen LogP contribution in [0.15, 0.2) is 54.6 Å². The van der Waals surface area contributed by atoms with Crippen molar-refractivity contribution in [3.05, 3.63) is 77.6 Å². The Labute approximate surface area is 149 Å². The smallest absolute Gasteiger partial charge is 0.279 e. The molecule has 3 rings (SSSR count). The lowest BCUT2D eigenvalue weighted by Crippen LogP contribution is -3.08. The number of benzene rings is 3. The van der Waals surface area contributed by atoms with Crippen LogP contribution in [0.1, 0.15) is 5.56 Å². The summed E-state index contributed by atoms with van der Waals surface area (Å²) >= 11 is 0. The summed E-state index contributed by atoms with van der Waals surface area (Å²) in [5.41, 5.74) is 0.722. The molecule has 2 N–H and O–H groups in total. The fraction of sp³-hybridized carbons (Fsp3) is 0.150. The number of halogens is 3. The number of nitrogens with one attached hydrogen (secondary N) is 2. The van der Waals surface area contributed by atoms with Gasteiger partial charge in [-0.25, -0.2) is 13.2 Å².